The molecule has 2 rings (SSSR count). The standard InChI is InChI=1S/C17H28N2O/c1-4-9-18-12-15-5-7-16(8-6-15)13-19-10-11-20-17(2,3)14-19/h5-8,18H,4,9-14H2,1-3H3. The summed E-state index contributed by atoms with van der Waals surface area (Å²) in [6, 6.07) is 8.99. The van der Waals surface area contributed by atoms with E-state index in [1.165, 1.54) is 17.5 Å². The number of hydrogen-bond donors (Lipinski definition) is 1. The average molecular weight is 276 g/mol. The van der Waals surface area contributed by atoms with Gasteiger partial charge in [-0.2, -0.15) is 0 Å². The second-order valence-electron chi connectivity index (χ2n) is 6.31. The zero-order chi connectivity index (χ0) is 14.4. The van der Waals surface area contributed by atoms with Gasteiger partial charge in [-0.1, -0.05) is 31.2 Å². The molecule has 1 saturated heterocycles. The van der Waals surface area contributed by atoms with E-state index in [4.69, 9.17) is 4.74 Å². The highest BCUT2D eigenvalue weighted by atomic mass is 16.5. The summed E-state index contributed by atoms with van der Waals surface area (Å²) in [7, 11) is 0. The van der Waals surface area contributed by atoms with Crippen LogP contribution in [-0.4, -0.2) is 36.7 Å². The molecule has 112 valence electrons. The molecule has 1 aromatic carbocycles. The number of nitrogens with one attached hydrogen (secondary N) is 1. The Morgan fingerprint density at radius 2 is 1.90 bits per heavy atom. The topological polar surface area (TPSA) is 24.5 Å². The Morgan fingerprint density at radius 3 is 2.55 bits per heavy atom. The van der Waals surface area contributed by atoms with Crippen LogP contribution in [0.1, 0.15) is 38.3 Å². The molecular weight excluding hydrogens is 248 g/mol. The van der Waals surface area contributed by atoms with Gasteiger partial charge in [-0.15, -0.1) is 0 Å². The van der Waals surface area contributed by atoms with Crippen LogP contribution in [-0.2, 0) is 17.8 Å². The van der Waals surface area contributed by atoms with Crippen LogP contribution in [0.5, 0.6) is 0 Å². The number of morpholine rings is 1. The third kappa shape index (κ3) is 4.89. The monoisotopic (exact) mass is 276 g/mol. The predicted octanol–water partition coefficient (Wildman–Crippen LogP) is 2.80. The Hall–Kier alpha value is -0.900. The number of benzene rings is 1. The lowest BCUT2D eigenvalue weighted by Crippen LogP contribution is -2.47. The Labute approximate surface area is 123 Å². The molecule has 1 aromatic rings. The van der Waals surface area contributed by atoms with Crippen molar-refractivity contribution in [2.45, 2.75) is 45.9 Å². The lowest BCUT2D eigenvalue weighted by Gasteiger charge is -2.38. The van der Waals surface area contributed by atoms with E-state index in [1.54, 1.807) is 0 Å². The fourth-order valence-corrected chi connectivity index (χ4v) is 2.68. The third-order valence-electron chi connectivity index (χ3n) is 3.69. The average Bonchev–Trinajstić information content (AvgIpc) is 2.40. The van der Waals surface area contributed by atoms with E-state index in [2.05, 4.69) is 55.3 Å². The van der Waals surface area contributed by atoms with E-state index < -0.39 is 0 Å². The molecule has 0 saturated carbocycles. The number of ether oxygens (including phenoxy) is 1. The summed E-state index contributed by atoms with van der Waals surface area (Å²) in [5.41, 5.74) is 2.74. The van der Waals surface area contributed by atoms with Crippen LogP contribution >= 0.6 is 0 Å². The van der Waals surface area contributed by atoms with Gasteiger partial charge >= 0.3 is 0 Å². The SMILES string of the molecule is CCCNCc1ccc(CN2CCOC(C)(C)C2)cc1. The minimum absolute atomic E-state index is 0.0116. The summed E-state index contributed by atoms with van der Waals surface area (Å²) in [5.74, 6) is 0. The first-order valence-electron chi connectivity index (χ1n) is 7.74. The van der Waals surface area contributed by atoms with Gasteiger partial charge in [0.05, 0.1) is 12.2 Å². The van der Waals surface area contributed by atoms with Crippen molar-refractivity contribution in [3.63, 3.8) is 0 Å². The zero-order valence-electron chi connectivity index (χ0n) is 13.1. The summed E-state index contributed by atoms with van der Waals surface area (Å²) in [6.07, 6.45) is 1.19. The highest BCUT2D eigenvalue weighted by Gasteiger charge is 2.26. The van der Waals surface area contributed by atoms with E-state index in [1.807, 2.05) is 0 Å². The maximum atomic E-state index is 5.76. The van der Waals surface area contributed by atoms with Crippen molar-refractivity contribution in [3.05, 3.63) is 35.4 Å². The quantitative estimate of drug-likeness (QED) is 0.809. The molecule has 0 atom stereocenters. The molecule has 1 heterocycles. The van der Waals surface area contributed by atoms with Gasteiger partial charge in [-0.05, 0) is 37.9 Å². The number of nitrogens with zero attached hydrogens (tertiary/aromatic N) is 1. The van der Waals surface area contributed by atoms with Crippen LogP contribution in [0.15, 0.2) is 24.3 Å². The largest absolute Gasteiger partial charge is 0.373 e. The van der Waals surface area contributed by atoms with Gasteiger partial charge in [-0.25, -0.2) is 0 Å². The van der Waals surface area contributed by atoms with E-state index >= 15 is 0 Å². The van der Waals surface area contributed by atoms with Gasteiger partial charge in [0, 0.05) is 26.2 Å². The Morgan fingerprint density at radius 1 is 1.20 bits per heavy atom. The van der Waals surface area contributed by atoms with Crippen LogP contribution in [0.25, 0.3) is 0 Å². The molecule has 20 heavy (non-hydrogen) atoms. The molecule has 1 fully saturated rings. The van der Waals surface area contributed by atoms with Gasteiger partial charge in [0.1, 0.15) is 0 Å². The summed E-state index contributed by atoms with van der Waals surface area (Å²) in [4.78, 5) is 2.48. The molecule has 1 N–H and O–H groups in total. The van der Waals surface area contributed by atoms with E-state index in [-0.39, 0.29) is 5.60 Å². The van der Waals surface area contributed by atoms with Crippen molar-refractivity contribution in [3.8, 4) is 0 Å². The highest BCUT2D eigenvalue weighted by molar-refractivity contribution is 5.22. The molecule has 3 heteroatoms. The van der Waals surface area contributed by atoms with Crippen molar-refractivity contribution in [2.75, 3.05) is 26.2 Å². The fourth-order valence-electron chi connectivity index (χ4n) is 2.68. The molecule has 0 bridgehead atoms. The fraction of sp³-hybridized carbons (Fsp3) is 0.647. The first kappa shape index (κ1) is 15.5. The molecule has 0 aromatic heterocycles. The third-order valence-corrected chi connectivity index (χ3v) is 3.69. The lowest BCUT2D eigenvalue weighted by atomic mass is 10.1. The van der Waals surface area contributed by atoms with Gasteiger partial charge in [0.15, 0.2) is 0 Å². The first-order chi connectivity index (χ1) is 9.59. The van der Waals surface area contributed by atoms with Gasteiger partial charge in [-0.3, -0.25) is 4.90 Å². The summed E-state index contributed by atoms with van der Waals surface area (Å²) < 4.78 is 5.76. The maximum absolute atomic E-state index is 5.76. The van der Waals surface area contributed by atoms with Gasteiger partial charge in [0.2, 0.25) is 0 Å². The van der Waals surface area contributed by atoms with Crippen molar-refractivity contribution < 1.29 is 4.74 Å². The zero-order valence-corrected chi connectivity index (χ0v) is 13.1. The maximum Gasteiger partial charge on any atom is 0.0753 e. The molecular formula is C17H28N2O. The first-order valence-corrected chi connectivity index (χ1v) is 7.74. The minimum atomic E-state index is -0.0116. The van der Waals surface area contributed by atoms with Crippen LogP contribution in [0.3, 0.4) is 0 Å². The molecule has 0 unspecified atom stereocenters. The lowest BCUT2D eigenvalue weighted by molar-refractivity contribution is -0.0882. The second-order valence-corrected chi connectivity index (χ2v) is 6.31. The smallest absolute Gasteiger partial charge is 0.0753 e. The predicted molar refractivity (Wildman–Crippen MR) is 83.7 cm³/mol. The van der Waals surface area contributed by atoms with Crippen molar-refractivity contribution in [1.29, 1.82) is 0 Å². The van der Waals surface area contributed by atoms with Crippen molar-refractivity contribution >= 4 is 0 Å². The van der Waals surface area contributed by atoms with E-state index in [0.29, 0.717) is 0 Å². The molecule has 1 aliphatic rings. The summed E-state index contributed by atoms with van der Waals surface area (Å²) >= 11 is 0. The van der Waals surface area contributed by atoms with Gasteiger partial charge in [0.25, 0.3) is 0 Å². The molecule has 0 radical (unpaired) electrons. The molecule has 0 amide bonds. The normalized spacial score (nSPS) is 19.1. The Bertz CT molecular complexity index is 400. The number of rotatable bonds is 6. The van der Waals surface area contributed by atoms with Crippen LogP contribution < -0.4 is 5.32 Å². The Balaban J connectivity index is 1.84. The number of hydrogen-bond acceptors (Lipinski definition) is 3. The van der Waals surface area contributed by atoms with Crippen molar-refractivity contribution in [2.24, 2.45) is 0 Å². The van der Waals surface area contributed by atoms with E-state index in [9.17, 15) is 0 Å². The van der Waals surface area contributed by atoms with Crippen molar-refractivity contribution in [1.82, 2.24) is 10.2 Å². The molecule has 0 spiro atoms. The van der Waals surface area contributed by atoms with Crippen LogP contribution in [0.4, 0.5) is 0 Å². The molecule has 1 aliphatic heterocycles. The van der Waals surface area contributed by atoms with Gasteiger partial charge < -0.3 is 10.1 Å². The van der Waals surface area contributed by atoms with E-state index in [0.717, 1.165) is 39.3 Å². The second kappa shape index (κ2) is 7.21. The molecule has 3 nitrogen and oxygen atoms in total. The van der Waals surface area contributed by atoms with Crippen LogP contribution in [0.2, 0.25) is 0 Å². The summed E-state index contributed by atoms with van der Waals surface area (Å²) in [5, 5.41) is 3.44. The molecule has 0 aliphatic carbocycles. The minimum Gasteiger partial charge on any atom is -0.373 e. The Kier molecular flexibility index (Phi) is 5.58. The highest BCUT2D eigenvalue weighted by Crippen LogP contribution is 2.18. The summed E-state index contributed by atoms with van der Waals surface area (Å²) in [6.45, 7) is 12.5. The van der Waals surface area contributed by atoms with Crippen LogP contribution in [0, 0.1) is 0 Å².